The number of hydrogen-bond acceptors (Lipinski definition) is 6. The lowest BCUT2D eigenvalue weighted by Gasteiger charge is -2.20. The van der Waals surface area contributed by atoms with E-state index in [1.807, 2.05) is 0 Å². The predicted molar refractivity (Wildman–Crippen MR) is 108 cm³/mol. The second-order valence-corrected chi connectivity index (χ2v) is 9.18. The van der Waals surface area contributed by atoms with E-state index in [4.69, 9.17) is 10.7 Å². The Bertz CT molecular complexity index is 996. The fourth-order valence-electron chi connectivity index (χ4n) is 3.71. The smallest absolute Gasteiger partial charge is 0.227 e. The summed E-state index contributed by atoms with van der Waals surface area (Å²) in [4.78, 5) is 26.2. The molecule has 7 heteroatoms. The van der Waals surface area contributed by atoms with Gasteiger partial charge in [-0.3, -0.25) is 4.79 Å². The number of amides is 1. The number of aromatic nitrogens is 3. The number of hydrogen-bond donors (Lipinski definition) is 1. The number of thioether (sulfide) groups is 1. The van der Waals surface area contributed by atoms with Gasteiger partial charge in [0, 0.05) is 11.1 Å². The van der Waals surface area contributed by atoms with E-state index in [1.165, 1.54) is 46.8 Å². The van der Waals surface area contributed by atoms with Crippen molar-refractivity contribution in [1.82, 2.24) is 15.0 Å². The van der Waals surface area contributed by atoms with Gasteiger partial charge in [0.05, 0.1) is 16.0 Å². The normalized spacial score (nSPS) is 14.3. The first-order chi connectivity index (χ1) is 12.5. The van der Waals surface area contributed by atoms with Gasteiger partial charge in [0.25, 0.3) is 0 Å². The summed E-state index contributed by atoms with van der Waals surface area (Å²) in [7, 11) is 0. The largest absolute Gasteiger partial charge is 0.369 e. The Morgan fingerprint density at radius 3 is 2.77 bits per heavy atom. The number of carbonyl (C=O) groups excluding carboxylic acids is 1. The van der Waals surface area contributed by atoms with Gasteiger partial charge in [-0.2, -0.15) is 0 Å². The number of rotatable bonds is 5. The summed E-state index contributed by atoms with van der Waals surface area (Å²) in [6.45, 7) is 4.49. The molecule has 0 saturated carbocycles. The quantitative estimate of drug-likeness (QED) is 0.531. The highest BCUT2D eigenvalue weighted by Crippen LogP contribution is 2.41. The van der Waals surface area contributed by atoms with E-state index in [1.54, 1.807) is 17.7 Å². The van der Waals surface area contributed by atoms with Crippen LogP contribution in [-0.4, -0.2) is 26.6 Å². The van der Waals surface area contributed by atoms with E-state index in [-0.39, 0.29) is 11.7 Å². The molecule has 0 aromatic carbocycles. The van der Waals surface area contributed by atoms with Gasteiger partial charge in [-0.15, -0.1) is 11.3 Å². The van der Waals surface area contributed by atoms with Crippen LogP contribution < -0.4 is 5.73 Å². The number of pyridine rings is 1. The molecule has 0 atom stereocenters. The fraction of sp³-hybridized carbons (Fsp3) is 0.474. The summed E-state index contributed by atoms with van der Waals surface area (Å²) in [5, 5.41) is 2.03. The Kier molecular flexibility index (Phi) is 4.84. The molecule has 0 radical (unpaired) electrons. The number of primary amides is 1. The number of carbonyl (C=O) groups is 1. The summed E-state index contributed by atoms with van der Waals surface area (Å²) in [6, 6.07) is 0. The van der Waals surface area contributed by atoms with Gasteiger partial charge < -0.3 is 5.73 Å². The van der Waals surface area contributed by atoms with Crippen molar-refractivity contribution in [1.29, 1.82) is 0 Å². The number of fused-ring (bicyclic) bond motifs is 5. The monoisotopic (exact) mass is 386 g/mol. The number of nitrogens with zero attached hydrogens (tertiary/aromatic N) is 3. The first-order valence-electron chi connectivity index (χ1n) is 9.03. The van der Waals surface area contributed by atoms with E-state index in [9.17, 15) is 4.79 Å². The van der Waals surface area contributed by atoms with Gasteiger partial charge in [0.1, 0.15) is 16.2 Å². The van der Waals surface area contributed by atoms with Crippen LogP contribution in [0.3, 0.4) is 0 Å². The molecular weight excluding hydrogens is 364 g/mol. The van der Waals surface area contributed by atoms with Gasteiger partial charge in [0.2, 0.25) is 5.91 Å². The van der Waals surface area contributed by atoms with Crippen LogP contribution in [0.15, 0.2) is 11.4 Å². The van der Waals surface area contributed by atoms with Crippen LogP contribution in [0.1, 0.15) is 43.5 Å². The van der Waals surface area contributed by atoms with Crippen LogP contribution in [0.5, 0.6) is 0 Å². The van der Waals surface area contributed by atoms with E-state index in [2.05, 4.69) is 23.8 Å². The van der Waals surface area contributed by atoms with E-state index >= 15 is 0 Å². The van der Waals surface area contributed by atoms with E-state index in [0.29, 0.717) is 5.92 Å². The molecule has 0 saturated heterocycles. The highest BCUT2D eigenvalue weighted by atomic mass is 32.2. The molecule has 3 aromatic rings. The molecule has 4 rings (SSSR count). The van der Waals surface area contributed by atoms with E-state index < -0.39 is 0 Å². The van der Waals surface area contributed by atoms with E-state index in [0.717, 1.165) is 39.3 Å². The molecule has 0 spiro atoms. The van der Waals surface area contributed by atoms with Gasteiger partial charge >= 0.3 is 0 Å². The van der Waals surface area contributed by atoms with Gasteiger partial charge in [0.15, 0.2) is 0 Å². The molecule has 0 aliphatic heterocycles. The van der Waals surface area contributed by atoms with Crippen LogP contribution >= 0.6 is 23.1 Å². The first-order valence-corrected chi connectivity index (χ1v) is 10.8. The van der Waals surface area contributed by atoms with Crippen LogP contribution in [0.2, 0.25) is 0 Å². The standard InChI is InChI=1S/C19H22N4OS2/c1-10(2)7-13-11-5-3-4-6-12(11)15-16-17(26-18(15)23-13)19(22-9-21-16)25-8-14(20)24/h9-10H,3-8H2,1-2H3,(H2,20,24). The summed E-state index contributed by atoms with van der Waals surface area (Å²) in [6.07, 6.45) is 7.28. The second-order valence-electron chi connectivity index (χ2n) is 7.21. The second kappa shape index (κ2) is 7.12. The molecule has 26 heavy (non-hydrogen) atoms. The highest BCUT2D eigenvalue weighted by molar-refractivity contribution is 8.00. The Morgan fingerprint density at radius 1 is 1.27 bits per heavy atom. The summed E-state index contributed by atoms with van der Waals surface area (Å²) >= 11 is 3.03. The van der Waals surface area contributed by atoms with Crippen molar-refractivity contribution in [2.45, 2.75) is 51.0 Å². The molecule has 3 aromatic heterocycles. The third-order valence-corrected chi connectivity index (χ3v) is 6.95. The fourth-order valence-corrected chi connectivity index (χ4v) is 5.71. The predicted octanol–water partition coefficient (Wildman–Crippen LogP) is 3.89. The average Bonchev–Trinajstić information content (AvgIpc) is 2.98. The maximum Gasteiger partial charge on any atom is 0.227 e. The van der Waals surface area contributed by atoms with Gasteiger partial charge in [-0.25, -0.2) is 15.0 Å². The Morgan fingerprint density at radius 2 is 2.04 bits per heavy atom. The summed E-state index contributed by atoms with van der Waals surface area (Å²) in [5.41, 5.74) is 10.4. The minimum atomic E-state index is -0.336. The zero-order chi connectivity index (χ0) is 18.3. The number of aryl methyl sites for hydroxylation is 1. The first kappa shape index (κ1) is 17.7. The van der Waals surface area contributed by atoms with Gasteiger partial charge in [-0.1, -0.05) is 25.6 Å². The maximum absolute atomic E-state index is 11.2. The lowest BCUT2D eigenvalue weighted by Crippen LogP contribution is -2.13. The van der Waals surface area contributed by atoms with Crippen LogP contribution in [-0.2, 0) is 24.1 Å². The molecular formula is C19H22N4OS2. The van der Waals surface area contributed by atoms with Gasteiger partial charge in [-0.05, 0) is 49.1 Å². The lowest BCUT2D eigenvalue weighted by molar-refractivity contribution is -0.115. The zero-order valence-corrected chi connectivity index (χ0v) is 16.7. The molecule has 0 bridgehead atoms. The molecule has 1 amide bonds. The molecule has 1 aliphatic carbocycles. The van der Waals surface area contributed by atoms with Crippen molar-refractivity contribution in [3.63, 3.8) is 0 Å². The molecule has 1 aliphatic rings. The lowest BCUT2D eigenvalue weighted by atomic mass is 9.87. The number of thiophene rings is 1. The summed E-state index contributed by atoms with van der Waals surface area (Å²) in [5.74, 6) is 0.476. The topological polar surface area (TPSA) is 81.8 Å². The minimum Gasteiger partial charge on any atom is -0.369 e. The molecule has 0 unspecified atom stereocenters. The minimum absolute atomic E-state index is 0.227. The summed E-state index contributed by atoms with van der Waals surface area (Å²) < 4.78 is 1.02. The molecule has 5 nitrogen and oxygen atoms in total. The Labute approximate surface area is 160 Å². The van der Waals surface area contributed by atoms with Crippen molar-refractivity contribution in [3.8, 4) is 0 Å². The molecule has 136 valence electrons. The van der Waals surface area contributed by atoms with Crippen LogP contribution in [0.4, 0.5) is 0 Å². The average molecular weight is 387 g/mol. The molecule has 2 N–H and O–H groups in total. The Hall–Kier alpha value is -1.73. The van der Waals surface area contributed by atoms with Crippen molar-refractivity contribution in [3.05, 3.63) is 23.1 Å². The van der Waals surface area contributed by atoms with Crippen molar-refractivity contribution in [2.75, 3.05) is 5.75 Å². The van der Waals surface area contributed by atoms with Crippen molar-refractivity contribution in [2.24, 2.45) is 11.7 Å². The Balaban J connectivity index is 1.94. The number of nitrogens with two attached hydrogens (primary N) is 1. The zero-order valence-electron chi connectivity index (χ0n) is 15.0. The highest BCUT2D eigenvalue weighted by Gasteiger charge is 2.23. The molecule has 3 heterocycles. The third kappa shape index (κ3) is 3.18. The van der Waals surface area contributed by atoms with Crippen molar-refractivity contribution < 1.29 is 4.79 Å². The van der Waals surface area contributed by atoms with Crippen molar-refractivity contribution >= 4 is 49.4 Å². The van der Waals surface area contributed by atoms with Crippen LogP contribution in [0.25, 0.3) is 20.4 Å². The maximum atomic E-state index is 11.2. The SMILES string of the molecule is CC(C)Cc1nc2sc3c(SCC(N)=O)ncnc3c2c2c1CCCC2. The third-order valence-electron chi connectivity index (χ3n) is 4.73. The van der Waals surface area contributed by atoms with Crippen LogP contribution in [0, 0.1) is 5.92 Å². The molecule has 0 fully saturated rings.